The molecule has 1 N–H and O–H groups in total. The van der Waals surface area contributed by atoms with E-state index in [1.807, 2.05) is 31.2 Å². The number of methoxy groups -OCH3 is 3. The summed E-state index contributed by atoms with van der Waals surface area (Å²) in [4.78, 5) is 38.0. The average molecular weight is 475 g/mol. The lowest BCUT2D eigenvalue weighted by molar-refractivity contribution is 0.0252. The maximum Gasteiger partial charge on any atom is 0.340 e. The summed E-state index contributed by atoms with van der Waals surface area (Å²) in [6.07, 6.45) is 0.000329. The smallest absolute Gasteiger partial charge is 0.340 e. The molecule has 0 aliphatic carbocycles. The number of ether oxygens (including phenoxy) is 4. The first-order valence-electron chi connectivity index (χ1n) is 10.9. The van der Waals surface area contributed by atoms with Gasteiger partial charge in [-0.2, -0.15) is 0 Å². The second kappa shape index (κ2) is 9.89. The van der Waals surface area contributed by atoms with Crippen molar-refractivity contribution in [1.82, 2.24) is 0 Å². The van der Waals surface area contributed by atoms with Crippen molar-refractivity contribution in [3.8, 4) is 11.5 Å². The first kappa shape index (κ1) is 23.8. The average Bonchev–Trinajstić information content (AvgIpc) is 2.87. The number of cyclic esters (lactones) is 1. The van der Waals surface area contributed by atoms with Crippen LogP contribution in [-0.4, -0.2) is 39.2 Å². The molecule has 0 unspecified atom stereocenters. The lowest BCUT2D eigenvalue weighted by atomic mass is 9.92. The van der Waals surface area contributed by atoms with Gasteiger partial charge >= 0.3 is 11.9 Å². The SMILES string of the molecule is COC(=O)c1cc(OC)c(OC)cc1NC(=O)c1ccc2c(c1)C[C@@H](c1ccc(C)cc1)OC2=O. The van der Waals surface area contributed by atoms with E-state index < -0.39 is 23.9 Å². The van der Waals surface area contributed by atoms with Crippen molar-refractivity contribution in [2.75, 3.05) is 26.6 Å². The van der Waals surface area contributed by atoms with Crippen molar-refractivity contribution < 1.29 is 33.3 Å². The third-order valence-electron chi connectivity index (χ3n) is 5.87. The molecule has 0 spiro atoms. The van der Waals surface area contributed by atoms with Crippen LogP contribution < -0.4 is 14.8 Å². The fourth-order valence-electron chi connectivity index (χ4n) is 3.96. The Morgan fingerprint density at radius 2 is 1.63 bits per heavy atom. The van der Waals surface area contributed by atoms with Gasteiger partial charge in [0.25, 0.3) is 5.91 Å². The standard InChI is InChI=1S/C27H25NO7/c1-15-5-7-16(8-6-15)22-12-18-11-17(9-10-19(18)27(31)35-22)25(29)28-21-14-24(33-3)23(32-2)13-20(21)26(30)34-4/h5-11,13-14,22H,12H2,1-4H3,(H,28,29)/t22-/m0/s1. The number of amides is 1. The molecule has 1 aliphatic rings. The first-order valence-corrected chi connectivity index (χ1v) is 10.9. The summed E-state index contributed by atoms with van der Waals surface area (Å²) in [6.45, 7) is 1.99. The van der Waals surface area contributed by atoms with Gasteiger partial charge in [-0.25, -0.2) is 9.59 Å². The molecular formula is C27H25NO7. The first-order chi connectivity index (χ1) is 16.8. The number of aryl methyl sites for hydroxylation is 1. The molecule has 0 bridgehead atoms. The number of fused-ring (bicyclic) bond motifs is 1. The highest BCUT2D eigenvalue weighted by Gasteiger charge is 2.28. The Balaban J connectivity index is 1.63. The van der Waals surface area contributed by atoms with Crippen molar-refractivity contribution >= 4 is 23.5 Å². The zero-order valence-corrected chi connectivity index (χ0v) is 19.8. The van der Waals surface area contributed by atoms with Crippen LogP contribution in [0.4, 0.5) is 5.69 Å². The molecule has 0 aromatic heterocycles. The second-order valence-corrected chi connectivity index (χ2v) is 8.08. The summed E-state index contributed by atoms with van der Waals surface area (Å²) in [6, 6.07) is 15.5. The molecule has 1 aliphatic heterocycles. The number of carbonyl (C=O) groups excluding carboxylic acids is 3. The predicted molar refractivity (Wildman–Crippen MR) is 128 cm³/mol. The van der Waals surface area contributed by atoms with E-state index in [0.717, 1.165) is 11.1 Å². The largest absolute Gasteiger partial charge is 0.493 e. The lowest BCUT2D eigenvalue weighted by Gasteiger charge is -2.25. The topological polar surface area (TPSA) is 100 Å². The predicted octanol–water partition coefficient (Wildman–Crippen LogP) is 4.51. The molecule has 8 nitrogen and oxygen atoms in total. The fraction of sp³-hybridized carbons (Fsp3) is 0.222. The van der Waals surface area contributed by atoms with Gasteiger partial charge in [-0.15, -0.1) is 0 Å². The van der Waals surface area contributed by atoms with E-state index in [4.69, 9.17) is 18.9 Å². The van der Waals surface area contributed by atoms with Crippen LogP contribution in [0.5, 0.6) is 11.5 Å². The molecule has 180 valence electrons. The second-order valence-electron chi connectivity index (χ2n) is 8.08. The van der Waals surface area contributed by atoms with Crippen LogP contribution in [0.15, 0.2) is 54.6 Å². The molecule has 8 heteroatoms. The molecule has 0 saturated carbocycles. The number of hydrogen-bond acceptors (Lipinski definition) is 7. The van der Waals surface area contributed by atoms with Crippen molar-refractivity contribution in [2.45, 2.75) is 19.4 Å². The molecule has 1 amide bonds. The number of esters is 2. The zero-order valence-electron chi connectivity index (χ0n) is 19.8. The normalized spacial score (nSPS) is 14.4. The Morgan fingerprint density at radius 3 is 2.29 bits per heavy atom. The molecule has 0 fully saturated rings. The molecule has 35 heavy (non-hydrogen) atoms. The van der Waals surface area contributed by atoms with Crippen molar-refractivity contribution in [3.05, 3.63) is 88.0 Å². The van der Waals surface area contributed by atoms with E-state index in [-0.39, 0.29) is 11.3 Å². The van der Waals surface area contributed by atoms with Gasteiger partial charge in [0.1, 0.15) is 6.10 Å². The number of carbonyl (C=O) groups is 3. The van der Waals surface area contributed by atoms with Gasteiger partial charge in [0.05, 0.1) is 38.1 Å². The van der Waals surface area contributed by atoms with E-state index in [2.05, 4.69) is 5.32 Å². The van der Waals surface area contributed by atoms with E-state index >= 15 is 0 Å². The van der Waals surface area contributed by atoms with Gasteiger partial charge in [-0.3, -0.25) is 4.79 Å². The Kier molecular flexibility index (Phi) is 6.73. The number of nitrogens with one attached hydrogen (secondary N) is 1. The minimum atomic E-state index is -0.643. The molecule has 3 aromatic rings. The van der Waals surface area contributed by atoms with Crippen LogP contribution in [0.3, 0.4) is 0 Å². The van der Waals surface area contributed by atoms with Crippen molar-refractivity contribution in [3.63, 3.8) is 0 Å². The molecular weight excluding hydrogens is 450 g/mol. The molecule has 4 rings (SSSR count). The minimum Gasteiger partial charge on any atom is -0.493 e. The maximum atomic E-state index is 13.1. The van der Waals surface area contributed by atoms with Crippen LogP contribution in [0.25, 0.3) is 0 Å². The summed E-state index contributed by atoms with van der Waals surface area (Å²) in [5.41, 5.74) is 3.76. The number of benzene rings is 3. The highest BCUT2D eigenvalue weighted by Crippen LogP contribution is 2.35. The van der Waals surface area contributed by atoms with Crippen LogP contribution >= 0.6 is 0 Å². The Bertz CT molecular complexity index is 1300. The third kappa shape index (κ3) is 4.82. The molecule has 1 atom stereocenters. The van der Waals surface area contributed by atoms with Crippen LogP contribution in [-0.2, 0) is 15.9 Å². The Morgan fingerprint density at radius 1 is 0.943 bits per heavy atom. The highest BCUT2D eigenvalue weighted by molar-refractivity contribution is 6.09. The molecule has 0 saturated heterocycles. The van der Waals surface area contributed by atoms with Gasteiger partial charge in [0.15, 0.2) is 11.5 Å². The van der Waals surface area contributed by atoms with Gasteiger partial charge in [0, 0.05) is 24.1 Å². The Labute approximate surface area is 202 Å². The lowest BCUT2D eigenvalue weighted by Crippen LogP contribution is -2.23. The zero-order chi connectivity index (χ0) is 25.1. The summed E-state index contributed by atoms with van der Waals surface area (Å²) < 4.78 is 21.0. The van der Waals surface area contributed by atoms with Crippen molar-refractivity contribution in [2.24, 2.45) is 0 Å². The monoisotopic (exact) mass is 475 g/mol. The summed E-state index contributed by atoms with van der Waals surface area (Å²) in [7, 11) is 4.14. The van der Waals surface area contributed by atoms with Gasteiger partial charge in [-0.1, -0.05) is 29.8 Å². The van der Waals surface area contributed by atoms with Gasteiger partial charge in [-0.05, 0) is 36.2 Å². The van der Waals surface area contributed by atoms with Crippen LogP contribution in [0, 0.1) is 6.92 Å². The van der Waals surface area contributed by atoms with Gasteiger partial charge < -0.3 is 24.3 Å². The highest BCUT2D eigenvalue weighted by atomic mass is 16.5. The van der Waals surface area contributed by atoms with Crippen LogP contribution in [0.1, 0.15) is 53.9 Å². The van der Waals surface area contributed by atoms with Crippen molar-refractivity contribution in [1.29, 1.82) is 0 Å². The summed E-state index contributed by atoms with van der Waals surface area (Å²) >= 11 is 0. The third-order valence-corrected chi connectivity index (χ3v) is 5.87. The fourth-order valence-corrected chi connectivity index (χ4v) is 3.96. The van der Waals surface area contributed by atoms with E-state index in [0.29, 0.717) is 34.6 Å². The number of anilines is 1. The van der Waals surface area contributed by atoms with E-state index in [9.17, 15) is 14.4 Å². The summed E-state index contributed by atoms with van der Waals surface area (Å²) in [5.74, 6) is -0.882. The molecule has 1 heterocycles. The number of rotatable bonds is 6. The quantitative estimate of drug-likeness (QED) is 0.524. The minimum absolute atomic E-state index is 0.111. The van der Waals surface area contributed by atoms with Crippen LogP contribution in [0.2, 0.25) is 0 Å². The van der Waals surface area contributed by atoms with E-state index in [1.54, 1.807) is 18.2 Å². The molecule has 3 aromatic carbocycles. The Hall–Kier alpha value is -4.33. The summed E-state index contributed by atoms with van der Waals surface area (Å²) in [5, 5.41) is 2.74. The molecule has 0 radical (unpaired) electrons. The number of hydrogen-bond donors (Lipinski definition) is 1. The maximum absolute atomic E-state index is 13.1. The van der Waals surface area contributed by atoms with Gasteiger partial charge in [0.2, 0.25) is 0 Å². The van der Waals surface area contributed by atoms with E-state index in [1.165, 1.54) is 33.5 Å².